The Bertz CT molecular complexity index is 731. The van der Waals surface area contributed by atoms with Crippen molar-refractivity contribution in [3.05, 3.63) is 77.0 Å². The zero-order chi connectivity index (χ0) is 17.8. The van der Waals surface area contributed by atoms with Crippen molar-refractivity contribution in [3.63, 3.8) is 0 Å². The molecule has 25 heavy (non-hydrogen) atoms. The van der Waals surface area contributed by atoms with Gasteiger partial charge in [-0.05, 0) is 11.1 Å². The molecule has 6 heteroatoms. The van der Waals surface area contributed by atoms with Gasteiger partial charge in [-0.2, -0.15) is 4.74 Å². The van der Waals surface area contributed by atoms with E-state index in [9.17, 15) is 9.77 Å². The molecule has 0 aromatic heterocycles. The van der Waals surface area contributed by atoms with Gasteiger partial charge in [-0.1, -0.05) is 60.7 Å². The van der Waals surface area contributed by atoms with E-state index in [4.69, 9.17) is 9.05 Å². The van der Waals surface area contributed by atoms with Gasteiger partial charge in [0.25, 0.3) is 5.28 Å². The summed E-state index contributed by atoms with van der Waals surface area (Å²) in [7, 11) is -3.68. The Kier molecular flexibility index (Phi) is 5.38. The average molecular weight is 359 g/mol. The molecule has 1 unspecified atom stereocenters. The molecule has 0 fully saturated rings. The van der Waals surface area contributed by atoms with E-state index in [1.165, 1.54) is 6.21 Å². The molecular formula is C19H22NO4P. The zero-order valence-electron chi connectivity index (χ0n) is 14.2. The first-order valence-corrected chi connectivity index (χ1v) is 9.85. The van der Waals surface area contributed by atoms with Crippen molar-refractivity contribution in [1.82, 2.24) is 0 Å². The third-order valence-corrected chi connectivity index (χ3v) is 7.00. The Morgan fingerprint density at radius 3 is 1.88 bits per heavy atom. The lowest BCUT2D eigenvalue weighted by atomic mass is 10.2. The molecule has 0 spiro atoms. The van der Waals surface area contributed by atoms with E-state index in [0.717, 1.165) is 15.9 Å². The Hall–Kier alpha value is -1.94. The molecule has 0 radical (unpaired) electrons. The SMILES string of the molecule is CC1(P(=O)(OCc2ccccc2)OCc2ccccc2)CCC=[N+]1[O-]. The van der Waals surface area contributed by atoms with Crippen LogP contribution in [0.2, 0.25) is 0 Å². The highest BCUT2D eigenvalue weighted by Crippen LogP contribution is 2.63. The molecule has 5 nitrogen and oxygen atoms in total. The topological polar surface area (TPSA) is 61.6 Å². The standard InChI is InChI=1S/C19H22NO4P/c1-19(13-8-14-20(19)21)25(22,23-15-17-9-4-2-5-10-17)24-16-18-11-6-3-7-12-18/h2-7,9-12,14H,8,13,15-16H2,1H3. The molecule has 0 bridgehead atoms. The van der Waals surface area contributed by atoms with Gasteiger partial charge in [0.15, 0.2) is 6.21 Å². The first kappa shape index (κ1) is 17.9. The van der Waals surface area contributed by atoms with Gasteiger partial charge in [0, 0.05) is 19.8 Å². The fraction of sp³-hybridized carbons (Fsp3) is 0.316. The van der Waals surface area contributed by atoms with Gasteiger partial charge < -0.3 is 5.21 Å². The van der Waals surface area contributed by atoms with E-state index in [-0.39, 0.29) is 13.2 Å². The minimum absolute atomic E-state index is 0.135. The van der Waals surface area contributed by atoms with Crippen LogP contribution in [0.25, 0.3) is 0 Å². The van der Waals surface area contributed by atoms with E-state index in [0.29, 0.717) is 12.8 Å². The van der Waals surface area contributed by atoms with Crippen molar-refractivity contribution < 1.29 is 18.4 Å². The van der Waals surface area contributed by atoms with Crippen LogP contribution in [0.3, 0.4) is 0 Å². The smallest absolute Gasteiger partial charge is 0.402 e. The highest BCUT2D eigenvalue weighted by Gasteiger charge is 2.57. The summed E-state index contributed by atoms with van der Waals surface area (Å²) in [4.78, 5) is 0. The summed E-state index contributed by atoms with van der Waals surface area (Å²) in [5, 5.41) is 11.1. The van der Waals surface area contributed by atoms with Gasteiger partial charge in [0.05, 0.1) is 13.2 Å². The van der Waals surface area contributed by atoms with Gasteiger partial charge in [0.1, 0.15) is 0 Å². The maximum absolute atomic E-state index is 13.6. The van der Waals surface area contributed by atoms with Crippen LogP contribution in [0.4, 0.5) is 0 Å². The molecule has 0 amide bonds. The van der Waals surface area contributed by atoms with Gasteiger partial charge >= 0.3 is 7.60 Å². The summed E-state index contributed by atoms with van der Waals surface area (Å²) in [5.41, 5.74) is 1.77. The number of hydroxylamine groups is 1. The molecule has 1 aliphatic rings. The minimum Gasteiger partial charge on any atom is -0.623 e. The normalized spacial score (nSPS) is 20.4. The first-order chi connectivity index (χ1) is 12.0. The molecule has 0 aliphatic carbocycles. The van der Waals surface area contributed by atoms with Gasteiger partial charge in [-0.15, -0.1) is 0 Å². The van der Waals surface area contributed by atoms with Gasteiger partial charge in [0.2, 0.25) is 0 Å². The molecule has 1 atom stereocenters. The number of hydrogen-bond donors (Lipinski definition) is 0. The number of nitrogens with zero attached hydrogens (tertiary/aromatic N) is 1. The average Bonchev–Trinajstić information content (AvgIpc) is 3.00. The van der Waals surface area contributed by atoms with Crippen molar-refractivity contribution in [2.45, 2.75) is 38.3 Å². The molecule has 132 valence electrons. The zero-order valence-corrected chi connectivity index (χ0v) is 15.1. The van der Waals surface area contributed by atoms with Crippen LogP contribution in [0.15, 0.2) is 60.7 Å². The molecule has 2 aromatic rings. The Morgan fingerprint density at radius 1 is 1.00 bits per heavy atom. The molecule has 2 aromatic carbocycles. The summed E-state index contributed by atoms with van der Waals surface area (Å²) in [6.45, 7) is 1.92. The van der Waals surface area contributed by atoms with Crippen LogP contribution in [0.5, 0.6) is 0 Å². The highest BCUT2D eigenvalue weighted by atomic mass is 31.2. The maximum atomic E-state index is 13.6. The van der Waals surface area contributed by atoms with E-state index in [1.807, 2.05) is 60.7 Å². The summed E-state index contributed by atoms with van der Waals surface area (Å²) in [6.07, 6.45) is 2.51. The monoisotopic (exact) mass is 359 g/mol. The van der Waals surface area contributed by atoms with Crippen molar-refractivity contribution in [3.8, 4) is 0 Å². The number of hydrogen-bond acceptors (Lipinski definition) is 4. The first-order valence-electron chi connectivity index (χ1n) is 8.30. The van der Waals surface area contributed by atoms with E-state index in [2.05, 4.69) is 0 Å². The van der Waals surface area contributed by atoms with Crippen molar-refractivity contribution in [2.75, 3.05) is 0 Å². The predicted octanol–water partition coefficient (Wildman–Crippen LogP) is 4.70. The van der Waals surface area contributed by atoms with Crippen molar-refractivity contribution >= 4 is 13.8 Å². The van der Waals surface area contributed by atoms with Crippen LogP contribution < -0.4 is 0 Å². The lowest BCUT2D eigenvalue weighted by Crippen LogP contribution is -2.33. The molecule has 1 heterocycles. The summed E-state index contributed by atoms with van der Waals surface area (Å²) < 4.78 is 25.9. The summed E-state index contributed by atoms with van der Waals surface area (Å²) >= 11 is 0. The van der Waals surface area contributed by atoms with Crippen LogP contribution in [0.1, 0.15) is 30.9 Å². The lowest BCUT2D eigenvalue weighted by Gasteiger charge is -2.31. The molecule has 0 N–H and O–H groups in total. The maximum Gasteiger partial charge on any atom is 0.402 e. The largest absolute Gasteiger partial charge is 0.623 e. The molecule has 0 saturated heterocycles. The molecule has 3 rings (SSSR count). The third kappa shape index (κ3) is 3.84. The number of rotatable bonds is 7. The van der Waals surface area contributed by atoms with Crippen molar-refractivity contribution in [2.24, 2.45) is 0 Å². The third-order valence-electron chi connectivity index (χ3n) is 4.47. The fourth-order valence-corrected chi connectivity index (χ4v) is 4.80. The van der Waals surface area contributed by atoms with Crippen LogP contribution in [-0.4, -0.2) is 16.2 Å². The molecular weight excluding hydrogens is 337 g/mol. The van der Waals surface area contributed by atoms with E-state index in [1.54, 1.807) is 6.92 Å². The second-order valence-corrected chi connectivity index (χ2v) is 8.75. The highest BCUT2D eigenvalue weighted by molar-refractivity contribution is 7.55. The Morgan fingerprint density at radius 2 is 1.48 bits per heavy atom. The van der Waals surface area contributed by atoms with E-state index < -0.39 is 12.9 Å². The van der Waals surface area contributed by atoms with Crippen molar-refractivity contribution in [1.29, 1.82) is 0 Å². The summed E-state index contributed by atoms with van der Waals surface area (Å²) in [6, 6.07) is 18.9. The molecule has 0 saturated carbocycles. The van der Waals surface area contributed by atoms with Gasteiger partial charge in [-0.3, -0.25) is 13.6 Å². The summed E-state index contributed by atoms with van der Waals surface area (Å²) in [5.74, 6) is 0. The van der Waals surface area contributed by atoms with Crippen LogP contribution in [0, 0.1) is 5.21 Å². The number of benzene rings is 2. The van der Waals surface area contributed by atoms with E-state index >= 15 is 0 Å². The Labute approximate surface area is 148 Å². The minimum atomic E-state index is -3.68. The second kappa shape index (κ2) is 7.52. The second-order valence-electron chi connectivity index (χ2n) is 6.28. The quantitative estimate of drug-likeness (QED) is 0.408. The Balaban J connectivity index is 1.80. The molecule has 1 aliphatic heterocycles. The predicted molar refractivity (Wildman–Crippen MR) is 97.4 cm³/mol. The van der Waals surface area contributed by atoms with Crippen LogP contribution in [-0.2, 0) is 26.8 Å². The lowest BCUT2D eigenvalue weighted by molar-refractivity contribution is -0.507. The van der Waals surface area contributed by atoms with Gasteiger partial charge in [-0.25, -0.2) is 0 Å². The van der Waals surface area contributed by atoms with Crippen LogP contribution >= 0.6 is 7.60 Å². The fourth-order valence-electron chi connectivity index (χ4n) is 2.80.